The third-order valence-electron chi connectivity index (χ3n) is 3.52. The SMILES string of the molecule is Cc1ccc(C#N)cc1S(=O)(=O)N(C)C1CCNC1. The molecule has 6 heteroatoms. The van der Waals surface area contributed by atoms with E-state index in [2.05, 4.69) is 5.32 Å². The highest BCUT2D eigenvalue weighted by Gasteiger charge is 2.31. The van der Waals surface area contributed by atoms with Gasteiger partial charge in [0.05, 0.1) is 16.5 Å². The van der Waals surface area contributed by atoms with Crippen molar-refractivity contribution < 1.29 is 8.42 Å². The predicted molar refractivity (Wildman–Crippen MR) is 72.1 cm³/mol. The molecule has 0 aliphatic carbocycles. The van der Waals surface area contributed by atoms with E-state index in [0.29, 0.717) is 17.7 Å². The molecule has 1 fully saturated rings. The summed E-state index contributed by atoms with van der Waals surface area (Å²) in [5.74, 6) is 0. The van der Waals surface area contributed by atoms with Gasteiger partial charge in [-0.3, -0.25) is 0 Å². The second kappa shape index (κ2) is 5.29. The minimum absolute atomic E-state index is 0.0184. The molecule has 102 valence electrons. The van der Waals surface area contributed by atoms with Crippen LogP contribution in [-0.2, 0) is 10.0 Å². The fraction of sp³-hybridized carbons (Fsp3) is 0.462. The number of likely N-dealkylation sites (N-methyl/N-ethyl adjacent to an activating group) is 1. The van der Waals surface area contributed by atoms with Crippen molar-refractivity contribution in [1.29, 1.82) is 5.26 Å². The van der Waals surface area contributed by atoms with Crippen molar-refractivity contribution in [1.82, 2.24) is 9.62 Å². The van der Waals surface area contributed by atoms with E-state index in [0.717, 1.165) is 13.0 Å². The maximum atomic E-state index is 12.6. The number of nitriles is 1. The molecule has 5 nitrogen and oxygen atoms in total. The second-order valence-corrected chi connectivity index (χ2v) is 6.73. The molecule has 0 amide bonds. The summed E-state index contributed by atoms with van der Waals surface area (Å²) in [6.07, 6.45) is 0.812. The van der Waals surface area contributed by atoms with Crippen LogP contribution in [0.3, 0.4) is 0 Å². The highest BCUT2D eigenvalue weighted by molar-refractivity contribution is 7.89. The molecular formula is C13H17N3O2S. The Kier molecular flexibility index (Phi) is 3.90. The van der Waals surface area contributed by atoms with Gasteiger partial charge in [0.25, 0.3) is 0 Å². The lowest BCUT2D eigenvalue weighted by Gasteiger charge is -2.24. The number of benzene rings is 1. The van der Waals surface area contributed by atoms with Crippen LogP contribution in [0.4, 0.5) is 0 Å². The van der Waals surface area contributed by atoms with Crippen LogP contribution >= 0.6 is 0 Å². The molecular weight excluding hydrogens is 262 g/mol. The number of nitrogens with one attached hydrogen (secondary N) is 1. The molecule has 1 heterocycles. The van der Waals surface area contributed by atoms with Crippen molar-refractivity contribution in [2.24, 2.45) is 0 Å². The minimum Gasteiger partial charge on any atom is -0.315 e. The summed E-state index contributed by atoms with van der Waals surface area (Å²) in [6, 6.07) is 6.71. The smallest absolute Gasteiger partial charge is 0.243 e. The topological polar surface area (TPSA) is 73.2 Å². The Labute approximate surface area is 113 Å². The Balaban J connectivity index is 2.41. The van der Waals surface area contributed by atoms with Crippen LogP contribution in [0.2, 0.25) is 0 Å². The molecule has 2 rings (SSSR count). The number of hydrogen-bond donors (Lipinski definition) is 1. The molecule has 0 bridgehead atoms. The molecule has 19 heavy (non-hydrogen) atoms. The molecule has 1 atom stereocenters. The Morgan fingerprint density at radius 1 is 1.47 bits per heavy atom. The normalized spacial score (nSPS) is 19.6. The zero-order valence-electron chi connectivity index (χ0n) is 11.0. The van der Waals surface area contributed by atoms with Crippen LogP contribution in [0.15, 0.2) is 23.1 Å². The average Bonchev–Trinajstić information content (AvgIpc) is 2.92. The highest BCUT2D eigenvalue weighted by Crippen LogP contribution is 2.23. The van der Waals surface area contributed by atoms with E-state index in [-0.39, 0.29) is 10.9 Å². The molecule has 1 unspecified atom stereocenters. The van der Waals surface area contributed by atoms with Gasteiger partial charge in [-0.05, 0) is 37.6 Å². The molecule has 1 aliphatic rings. The summed E-state index contributed by atoms with van der Waals surface area (Å²) in [4.78, 5) is 0.223. The fourth-order valence-corrected chi connectivity index (χ4v) is 3.88. The molecule has 1 aromatic carbocycles. The quantitative estimate of drug-likeness (QED) is 0.890. The van der Waals surface area contributed by atoms with Crippen LogP contribution in [0, 0.1) is 18.3 Å². The molecule has 1 N–H and O–H groups in total. The number of rotatable bonds is 3. The van der Waals surface area contributed by atoms with Crippen molar-refractivity contribution in [3.05, 3.63) is 29.3 Å². The first-order valence-corrected chi connectivity index (χ1v) is 7.60. The van der Waals surface area contributed by atoms with Crippen molar-refractivity contribution in [3.63, 3.8) is 0 Å². The van der Waals surface area contributed by atoms with Gasteiger partial charge in [-0.15, -0.1) is 0 Å². The molecule has 1 saturated heterocycles. The number of sulfonamides is 1. The highest BCUT2D eigenvalue weighted by atomic mass is 32.2. The number of nitrogens with zero attached hydrogens (tertiary/aromatic N) is 2. The van der Waals surface area contributed by atoms with Crippen LogP contribution in [0.1, 0.15) is 17.5 Å². The van der Waals surface area contributed by atoms with E-state index in [1.165, 1.54) is 10.4 Å². The van der Waals surface area contributed by atoms with Crippen molar-refractivity contribution in [3.8, 4) is 6.07 Å². The van der Waals surface area contributed by atoms with E-state index in [9.17, 15) is 8.42 Å². The van der Waals surface area contributed by atoms with Gasteiger partial charge in [0.2, 0.25) is 10.0 Å². The van der Waals surface area contributed by atoms with E-state index in [1.807, 2.05) is 6.07 Å². The van der Waals surface area contributed by atoms with Gasteiger partial charge in [0, 0.05) is 19.6 Å². The van der Waals surface area contributed by atoms with E-state index >= 15 is 0 Å². The first-order valence-electron chi connectivity index (χ1n) is 6.16. The first kappa shape index (κ1) is 14.0. The van der Waals surface area contributed by atoms with Gasteiger partial charge in [-0.2, -0.15) is 9.57 Å². The Morgan fingerprint density at radius 3 is 2.79 bits per heavy atom. The van der Waals surface area contributed by atoms with Crippen molar-refractivity contribution in [2.75, 3.05) is 20.1 Å². The van der Waals surface area contributed by atoms with Gasteiger partial charge in [0.15, 0.2) is 0 Å². The Morgan fingerprint density at radius 2 is 2.21 bits per heavy atom. The van der Waals surface area contributed by atoms with Gasteiger partial charge in [-0.25, -0.2) is 8.42 Å². The summed E-state index contributed by atoms with van der Waals surface area (Å²) in [5.41, 5.74) is 1.03. The van der Waals surface area contributed by atoms with Gasteiger partial charge in [0.1, 0.15) is 0 Å². The fourth-order valence-electron chi connectivity index (χ4n) is 2.25. The summed E-state index contributed by atoms with van der Waals surface area (Å²) >= 11 is 0. The average molecular weight is 279 g/mol. The van der Waals surface area contributed by atoms with Gasteiger partial charge in [-0.1, -0.05) is 6.07 Å². The lowest BCUT2D eigenvalue weighted by Crippen LogP contribution is -2.38. The zero-order chi connectivity index (χ0) is 14.0. The molecule has 0 saturated carbocycles. The minimum atomic E-state index is -3.54. The largest absolute Gasteiger partial charge is 0.315 e. The molecule has 0 spiro atoms. The lowest BCUT2D eigenvalue weighted by molar-refractivity contribution is 0.387. The Hall–Kier alpha value is -1.42. The van der Waals surface area contributed by atoms with Gasteiger partial charge < -0.3 is 5.32 Å². The third-order valence-corrected chi connectivity index (χ3v) is 5.57. The Bertz CT molecular complexity index is 613. The third kappa shape index (κ3) is 2.63. The summed E-state index contributed by atoms with van der Waals surface area (Å²) in [6.45, 7) is 3.25. The lowest BCUT2D eigenvalue weighted by atomic mass is 10.2. The maximum Gasteiger partial charge on any atom is 0.243 e. The summed E-state index contributed by atoms with van der Waals surface area (Å²) in [5, 5.41) is 12.1. The predicted octanol–water partition coefficient (Wildman–Crippen LogP) is 0.849. The molecule has 1 aliphatic heterocycles. The molecule has 1 aromatic rings. The standard InChI is InChI=1S/C13H17N3O2S/c1-10-3-4-11(8-14)7-13(10)19(17,18)16(2)12-5-6-15-9-12/h3-4,7,12,15H,5-6,9H2,1-2H3. The number of aryl methyl sites for hydroxylation is 1. The second-order valence-electron chi connectivity index (χ2n) is 4.76. The monoisotopic (exact) mass is 279 g/mol. The molecule has 0 aromatic heterocycles. The van der Waals surface area contributed by atoms with Crippen molar-refractivity contribution in [2.45, 2.75) is 24.3 Å². The van der Waals surface area contributed by atoms with Crippen LogP contribution < -0.4 is 5.32 Å². The van der Waals surface area contributed by atoms with Crippen LogP contribution in [0.5, 0.6) is 0 Å². The van der Waals surface area contributed by atoms with Gasteiger partial charge >= 0.3 is 0 Å². The van der Waals surface area contributed by atoms with E-state index in [1.54, 1.807) is 26.1 Å². The maximum absolute atomic E-state index is 12.6. The van der Waals surface area contributed by atoms with Crippen LogP contribution in [0.25, 0.3) is 0 Å². The zero-order valence-corrected chi connectivity index (χ0v) is 11.9. The van der Waals surface area contributed by atoms with Crippen LogP contribution in [-0.4, -0.2) is 38.9 Å². The number of hydrogen-bond acceptors (Lipinski definition) is 4. The first-order chi connectivity index (χ1) is 8.96. The van der Waals surface area contributed by atoms with E-state index in [4.69, 9.17) is 5.26 Å². The molecule has 0 radical (unpaired) electrons. The summed E-state index contributed by atoms with van der Waals surface area (Å²) < 4.78 is 26.6. The summed E-state index contributed by atoms with van der Waals surface area (Å²) in [7, 11) is -1.94. The van der Waals surface area contributed by atoms with E-state index < -0.39 is 10.0 Å². The van der Waals surface area contributed by atoms with Crippen molar-refractivity contribution >= 4 is 10.0 Å².